The molecule has 0 bridgehead atoms. The minimum absolute atomic E-state index is 0.0980. The standard InChI is InChI=1S/C14H16FNO5/c1-14(2)20-7-10(8-21-14)13(17)6-9-5-11(15)3-4-12(9)16(18)19/h3-5,17H,6-8H2,1-2H3. The van der Waals surface area contributed by atoms with Crippen molar-refractivity contribution in [1.29, 1.82) is 0 Å². The molecule has 1 aromatic carbocycles. The van der Waals surface area contributed by atoms with E-state index in [1.54, 1.807) is 13.8 Å². The summed E-state index contributed by atoms with van der Waals surface area (Å²) in [7, 11) is 0. The van der Waals surface area contributed by atoms with Gasteiger partial charge < -0.3 is 14.6 Å². The van der Waals surface area contributed by atoms with Gasteiger partial charge in [0.05, 0.1) is 18.1 Å². The molecule has 21 heavy (non-hydrogen) atoms. The van der Waals surface area contributed by atoms with Crippen LogP contribution in [0.4, 0.5) is 10.1 Å². The molecule has 1 saturated heterocycles. The van der Waals surface area contributed by atoms with Gasteiger partial charge in [-0.05, 0) is 26.0 Å². The van der Waals surface area contributed by atoms with Crippen molar-refractivity contribution in [2.24, 2.45) is 0 Å². The third-order valence-corrected chi connectivity index (χ3v) is 3.19. The summed E-state index contributed by atoms with van der Waals surface area (Å²) in [5, 5.41) is 21.0. The molecule has 0 unspecified atom stereocenters. The van der Waals surface area contributed by atoms with Gasteiger partial charge in [-0.2, -0.15) is 0 Å². The first-order chi connectivity index (χ1) is 9.78. The Balaban J connectivity index is 2.22. The van der Waals surface area contributed by atoms with E-state index < -0.39 is 16.5 Å². The molecular formula is C14H16FNO5. The highest BCUT2D eigenvalue weighted by Gasteiger charge is 2.27. The van der Waals surface area contributed by atoms with Gasteiger partial charge in [-0.3, -0.25) is 10.1 Å². The number of ether oxygens (including phenoxy) is 2. The second-order valence-electron chi connectivity index (χ2n) is 5.23. The van der Waals surface area contributed by atoms with E-state index in [1.807, 2.05) is 0 Å². The van der Waals surface area contributed by atoms with Gasteiger partial charge in [0.2, 0.25) is 0 Å². The van der Waals surface area contributed by atoms with E-state index in [2.05, 4.69) is 0 Å². The van der Waals surface area contributed by atoms with Gasteiger partial charge in [-0.25, -0.2) is 4.39 Å². The molecule has 1 aliphatic rings. The number of nitro groups is 1. The van der Waals surface area contributed by atoms with Crippen molar-refractivity contribution in [2.45, 2.75) is 26.1 Å². The first-order valence-electron chi connectivity index (χ1n) is 6.39. The number of rotatable bonds is 3. The Morgan fingerprint density at radius 3 is 2.62 bits per heavy atom. The van der Waals surface area contributed by atoms with Crippen LogP contribution in [0, 0.1) is 15.9 Å². The Morgan fingerprint density at radius 2 is 2.05 bits per heavy atom. The molecule has 7 heteroatoms. The first-order valence-corrected chi connectivity index (χ1v) is 6.39. The molecule has 1 aromatic rings. The van der Waals surface area contributed by atoms with E-state index in [9.17, 15) is 19.6 Å². The van der Waals surface area contributed by atoms with E-state index in [4.69, 9.17) is 9.47 Å². The number of aliphatic hydroxyl groups is 1. The van der Waals surface area contributed by atoms with Crippen LogP contribution in [0.1, 0.15) is 19.4 Å². The van der Waals surface area contributed by atoms with Crippen molar-refractivity contribution < 1.29 is 23.9 Å². The zero-order valence-corrected chi connectivity index (χ0v) is 11.8. The molecule has 0 radical (unpaired) electrons. The molecule has 0 aliphatic carbocycles. The third kappa shape index (κ3) is 3.77. The molecule has 1 N–H and O–H groups in total. The van der Waals surface area contributed by atoms with E-state index >= 15 is 0 Å². The molecule has 0 saturated carbocycles. The van der Waals surface area contributed by atoms with E-state index in [1.165, 1.54) is 0 Å². The van der Waals surface area contributed by atoms with Crippen LogP contribution in [-0.4, -0.2) is 29.0 Å². The third-order valence-electron chi connectivity index (χ3n) is 3.19. The average Bonchev–Trinajstić information content (AvgIpc) is 2.38. The summed E-state index contributed by atoms with van der Waals surface area (Å²) in [5.74, 6) is -1.42. The molecule has 114 valence electrons. The molecule has 2 rings (SSSR count). The van der Waals surface area contributed by atoms with Crippen LogP contribution in [0.2, 0.25) is 0 Å². The zero-order chi connectivity index (χ0) is 15.6. The molecule has 0 amide bonds. The lowest BCUT2D eigenvalue weighted by Crippen LogP contribution is -2.36. The van der Waals surface area contributed by atoms with Crippen LogP contribution in [0.3, 0.4) is 0 Å². The summed E-state index contributed by atoms with van der Waals surface area (Å²) in [5.41, 5.74) is 0.365. The second-order valence-corrected chi connectivity index (χ2v) is 5.23. The number of nitrogens with zero attached hydrogens (tertiary/aromatic N) is 1. The molecule has 0 spiro atoms. The highest BCUT2D eigenvalue weighted by Crippen LogP contribution is 2.26. The normalized spacial score (nSPS) is 17.6. The lowest BCUT2D eigenvalue weighted by molar-refractivity contribution is -0.385. The number of hydrogen-bond donors (Lipinski definition) is 1. The fraction of sp³-hybridized carbons (Fsp3) is 0.429. The first kappa shape index (κ1) is 15.4. The number of halogens is 1. The Kier molecular flexibility index (Phi) is 4.24. The molecule has 1 aliphatic heterocycles. The summed E-state index contributed by atoms with van der Waals surface area (Å²) in [6.45, 7) is 3.83. The number of allylic oxidation sites excluding steroid dienone is 1. The van der Waals surface area contributed by atoms with Crippen molar-refractivity contribution in [3.8, 4) is 0 Å². The van der Waals surface area contributed by atoms with Crippen molar-refractivity contribution in [3.05, 3.63) is 51.0 Å². The smallest absolute Gasteiger partial charge is 0.273 e. The largest absolute Gasteiger partial charge is 0.512 e. The lowest BCUT2D eigenvalue weighted by atomic mass is 10.1. The minimum atomic E-state index is -0.728. The molecule has 0 atom stereocenters. The van der Waals surface area contributed by atoms with E-state index in [0.29, 0.717) is 5.57 Å². The summed E-state index contributed by atoms with van der Waals surface area (Å²) in [6, 6.07) is 3.14. The maximum absolute atomic E-state index is 13.2. The van der Waals surface area contributed by atoms with Crippen LogP contribution < -0.4 is 0 Å². The van der Waals surface area contributed by atoms with Crippen molar-refractivity contribution >= 4 is 5.69 Å². The highest BCUT2D eigenvalue weighted by molar-refractivity contribution is 5.42. The minimum Gasteiger partial charge on any atom is -0.512 e. The maximum atomic E-state index is 13.2. The quantitative estimate of drug-likeness (QED) is 0.527. The van der Waals surface area contributed by atoms with E-state index in [-0.39, 0.29) is 36.6 Å². The zero-order valence-electron chi connectivity index (χ0n) is 11.8. The predicted octanol–water partition coefficient (Wildman–Crippen LogP) is 2.87. The van der Waals surface area contributed by atoms with Crippen molar-refractivity contribution in [2.75, 3.05) is 13.2 Å². The summed E-state index contributed by atoms with van der Waals surface area (Å²) in [6.07, 6.45) is -0.142. The Labute approximate surface area is 120 Å². The van der Waals surface area contributed by atoms with Gasteiger partial charge in [0.1, 0.15) is 11.6 Å². The van der Waals surface area contributed by atoms with Gasteiger partial charge in [0.15, 0.2) is 5.79 Å². The number of benzene rings is 1. The maximum Gasteiger partial charge on any atom is 0.273 e. The van der Waals surface area contributed by atoms with Crippen LogP contribution in [0.15, 0.2) is 29.5 Å². The van der Waals surface area contributed by atoms with Crippen LogP contribution in [0.5, 0.6) is 0 Å². The van der Waals surface area contributed by atoms with Crippen LogP contribution in [0.25, 0.3) is 0 Å². The Bertz CT molecular complexity index is 585. The topological polar surface area (TPSA) is 81.8 Å². The molecule has 6 nitrogen and oxygen atoms in total. The summed E-state index contributed by atoms with van der Waals surface area (Å²) >= 11 is 0. The van der Waals surface area contributed by atoms with Crippen LogP contribution in [-0.2, 0) is 15.9 Å². The van der Waals surface area contributed by atoms with E-state index in [0.717, 1.165) is 18.2 Å². The fourth-order valence-electron chi connectivity index (χ4n) is 1.95. The van der Waals surface area contributed by atoms with Gasteiger partial charge in [-0.1, -0.05) is 0 Å². The van der Waals surface area contributed by atoms with Gasteiger partial charge >= 0.3 is 0 Å². The predicted molar refractivity (Wildman–Crippen MR) is 72.4 cm³/mol. The van der Waals surface area contributed by atoms with Gasteiger partial charge in [-0.15, -0.1) is 0 Å². The number of nitro benzene ring substituents is 1. The Hall–Kier alpha value is -1.99. The Morgan fingerprint density at radius 1 is 1.43 bits per heavy atom. The molecule has 0 aromatic heterocycles. The molecular weight excluding hydrogens is 281 g/mol. The monoisotopic (exact) mass is 297 g/mol. The molecule has 1 fully saturated rings. The molecule has 1 heterocycles. The highest BCUT2D eigenvalue weighted by atomic mass is 19.1. The summed E-state index contributed by atoms with van der Waals surface area (Å²) in [4.78, 5) is 10.3. The van der Waals surface area contributed by atoms with Crippen molar-refractivity contribution in [1.82, 2.24) is 0 Å². The number of hydrogen-bond acceptors (Lipinski definition) is 5. The van der Waals surface area contributed by atoms with Crippen LogP contribution >= 0.6 is 0 Å². The number of aliphatic hydroxyl groups excluding tert-OH is 1. The van der Waals surface area contributed by atoms with Crippen molar-refractivity contribution in [3.63, 3.8) is 0 Å². The second kappa shape index (κ2) is 5.79. The summed E-state index contributed by atoms with van der Waals surface area (Å²) < 4.78 is 24.0. The average molecular weight is 297 g/mol. The lowest BCUT2D eigenvalue weighted by Gasteiger charge is -2.32. The SMILES string of the molecule is CC1(C)OCC(=C(O)Cc2cc(F)ccc2[N+](=O)[O-])CO1. The fourth-order valence-corrected chi connectivity index (χ4v) is 1.95. The van der Waals surface area contributed by atoms with Gasteiger partial charge in [0.25, 0.3) is 5.69 Å². The van der Waals surface area contributed by atoms with Gasteiger partial charge in [0, 0.05) is 23.6 Å².